The van der Waals surface area contributed by atoms with Gasteiger partial charge in [-0.1, -0.05) is 13.3 Å². The lowest BCUT2D eigenvalue weighted by Crippen LogP contribution is -2.19. The van der Waals surface area contributed by atoms with Gasteiger partial charge in [-0.3, -0.25) is 0 Å². The third kappa shape index (κ3) is 6.17. The van der Waals surface area contributed by atoms with Crippen LogP contribution in [0.5, 0.6) is 0 Å². The zero-order valence-electron chi connectivity index (χ0n) is 9.09. The first-order valence-electron chi connectivity index (χ1n) is 5.35. The Kier molecular flexibility index (Phi) is 7.04. The Morgan fingerprint density at radius 1 is 1.40 bits per heavy atom. The van der Waals surface area contributed by atoms with Crippen molar-refractivity contribution < 1.29 is 9.15 Å². The Labute approximate surface area is 105 Å². The highest BCUT2D eigenvalue weighted by Crippen LogP contribution is 2.09. The summed E-state index contributed by atoms with van der Waals surface area (Å²) in [5, 5.41) is 3.27. The molecule has 15 heavy (non-hydrogen) atoms. The summed E-state index contributed by atoms with van der Waals surface area (Å²) in [7, 11) is 0. The summed E-state index contributed by atoms with van der Waals surface area (Å²) >= 11 is 2.17. The van der Waals surface area contributed by atoms with E-state index >= 15 is 0 Å². The predicted octanol–water partition coefficient (Wildman–Crippen LogP) is 2.79. The Balaban J connectivity index is 1.93. The van der Waals surface area contributed by atoms with Gasteiger partial charge < -0.3 is 14.5 Å². The molecule has 0 atom stereocenters. The molecule has 86 valence electrons. The molecule has 0 amide bonds. The molecule has 0 unspecified atom stereocenters. The van der Waals surface area contributed by atoms with E-state index in [-0.39, 0.29) is 0 Å². The number of ether oxygens (including phenoxy) is 1. The van der Waals surface area contributed by atoms with Gasteiger partial charge in [0.25, 0.3) is 0 Å². The monoisotopic (exact) mass is 323 g/mol. The summed E-state index contributed by atoms with van der Waals surface area (Å²) in [5.74, 6) is 0.980. The van der Waals surface area contributed by atoms with Gasteiger partial charge in [0.1, 0.15) is 5.76 Å². The summed E-state index contributed by atoms with van der Waals surface area (Å²) in [4.78, 5) is 0. The maximum Gasteiger partial charge on any atom is 0.164 e. The summed E-state index contributed by atoms with van der Waals surface area (Å²) < 4.78 is 11.8. The summed E-state index contributed by atoms with van der Waals surface area (Å²) in [6.45, 7) is 5.47. The first-order valence-corrected chi connectivity index (χ1v) is 6.43. The van der Waals surface area contributed by atoms with Crippen molar-refractivity contribution in [2.75, 3.05) is 19.8 Å². The van der Waals surface area contributed by atoms with E-state index < -0.39 is 0 Å². The average molecular weight is 323 g/mol. The van der Waals surface area contributed by atoms with Crippen LogP contribution in [-0.2, 0) is 11.3 Å². The average Bonchev–Trinajstić information content (AvgIpc) is 2.63. The van der Waals surface area contributed by atoms with E-state index in [2.05, 4.69) is 34.8 Å². The molecule has 1 rings (SSSR count). The number of hydrogen-bond donors (Lipinski definition) is 1. The molecule has 0 aliphatic carbocycles. The number of nitrogens with one attached hydrogen (secondary N) is 1. The van der Waals surface area contributed by atoms with E-state index in [1.807, 2.05) is 12.1 Å². The molecule has 0 spiro atoms. The first-order chi connectivity index (χ1) is 7.33. The number of halogens is 1. The molecule has 1 aromatic heterocycles. The van der Waals surface area contributed by atoms with Crippen molar-refractivity contribution in [3.8, 4) is 0 Å². The highest BCUT2D eigenvalue weighted by molar-refractivity contribution is 14.1. The molecular formula is C11H18INO2. The van der Waals surface area contributed by atoms with E-state index in [1.54, 1.807) is 0 Å². The van der Waals surface area contributed by atoms with Crippen LogP contribution in [0.2, 0.25) is 0 Å². The highest BCUT2D eigenvalue weighted by atomic mass is 127. The quantitative estimate of drug-likeness (QED) is 0.590. The number of hydrogen-bond acceptors (Lipinski definition) is 3. The topological polar surface area (TPSA) is 34.4 Å². The van der Waals surface area contributed by atoms with Crippen LogP contribution in [0.3, 0.4) is 0 Å². The maximum absolute atomic E-state index is 5.42. The SMILES string of the molecule is CCCCOCCNCc1ccc(I)o1. The normalized spacial score (nSPS) is 10.8. The predicted molar refractivity (Wildman–Crippen MR) is 68.9 cm³/mol. The van der Waals surface area contributed by atoms with E-state index in [9.17, 15) is 0 Å². The van der Waals surface area contributed by atoms with Gasteiger partial charge in [-0.05, 0) is 41.1 Å². The molecule has 3 nitrogen and oxygen atoms in total. The van der Waals surface area contributed by atoms with Crippen LogP contribution in [0.1, 0.15) is 25.5 Å². The zero-order chi connectivity index (χ0) is 10.9. The van der Waals surface area contributed by atoms with Crippen molar-refractivity contribution in [1.29, 1.82) is 0 Å². The van der Waals surface area contributed by atoms with Crippen molar-refractivity contribution in [1.82, 2.24) is 5.32 Å². The van der Waals surface area contributed by atoms with E-state index in [1.165, 1.54) is 6.42 Å². The van der Waals surface area contributed by atoms with E-state index in [0.717, 1.165) is 42.3 Å². The van der Waals surface area contributed by atoms with E-state index in [0.29, 0.717) is 0 Å². The van der Waals surface area contributed by atoms with Gasteiger partial charge in [-0.25, -0.2) is 0 Å². The molecule has 4 heteroatoms. The minimum Gasteiger partial charge on any atom is -0.454 e. The Morgan fingerprint density at radius 3 is 2.93 bits per heavy atom. The van der Waals surface area contributed by atoms with Crippen molar-refractivity contribution in [3.05, 3.63) is 21.7 Å². The van der Waals surface area contributed by atoms with Crippen molar-refractivity contribution in [2.45, 2.75) is 26.3 Å². The molecule has 0 aromatic carbocycles. The van der Waals surface area contributed by atoms with Crippen molar-refractivity contribution in [2.24, 2.45) is 0 Å². The molecule has 0 saturated heterocycles. The number of rotatable bonds is 8. The van der Waals surface area contributed by atoms with Gasteiger partial charge in [-0.15, -0.1) is 0 Å². The van der Waals surface area contributed by atoms with Crippen molar-refractivity contribution >= 4 is 22.6 Å². The second-order valence-electron chi connectivity index (χ2n) is 3.35. The molecule has 0 saturated carbocycles. The smallest absolute Gasteiger partial charge is 0.164 e. The first kappa shape index (κ1) is 13.0. The van der Waals surface area contributed by atoms with E-state index in [4.69, 9.17) is 9.15 Å². The Bertz CT molecular complexity index is 263. The largest absolute Gasteiger partial charge is 0.454 e. The highest BCUT2D eigenvalue weighted by Gasteiger charge is 1.97. The fourth-order valence-electron chi connectivity index (χ4n) is 1.15. The van der Waals surface area contributed by atoms with Crippen LogP contribution in [0.15, 0.2) is 16.5 Å². The fourth-order valence-corrected chi connectivity index (χ4v) is 1.61. The molecule has 1 heterocycles. The van der Waals surface area contributed by atoms with Gasteiger partial charge >= 0.3 is 0 Å². The van der Waals surface area contributed by atoms with Gasteiger partial charge in [-0.2, -0.15) is 0 Å². The lowest BCUT2D eigenvalue weighted by molar-refractivity contribution is 0.132. The third-order valence-corrected chi connectivity index (χ3v) is 2.57. The molecule has 0 aliphatic rings. The van der Waals surface area contributed by atoms with Crippen molar-refractivity contribution in [3.63, 3.8) is 0 Å². The molecule has 0 fully saturated rings. The molecule has 1 aromatic rings. The second-order valence-corrected chi connectivity index (χ2v) is 4.41. The minimum absolute atomic E-state index is 0.776. The van der Waals surface area contributed by atoms with Crippen LogP contribution in [-0.4, -0.2) is 19.8 Å². The van der Waals surface area contributed by atoms with Crippen LogP contribution in [0.25, 0.3) is 0 Å². The molecule has 0 radical (unpaired) electrons. The van der Waals surface area contributed by atoms with Gasteiger partial charge in [0, 0.05) is 13.2 Å². The van der Waals surface area contributed by atoms with Crippen LogP contribution in [0, 0.1) is 3.77 Å². The lowest BCUT2D eigenvalue weighted by Gasteiger charge is -2.04. The third-order valence-electron chi connectivity index (χ3n) is 1.99. The molecule has 0 bridgehead atoms. The Morgan fingerprint density at radius 2 is 2.27 bits per heavy atom. The van der Waals surface area contributed by atoms with Crippen LogP contribution >= 0.6 is 22.6 Å². The second kappa shape index (κ2) is 8.13. The standard InChI is InChI=1S/C11H18INO2/c1-2-3-7-14-8-6-13-9-10-4-5-11(12)15-10/h4-5,13H,2-3,6-9H2,1H3. The Hall–Kier alpha value is -0.0700. The lowest BCUT2D eigenvalue weighted by atomic mass is 10.4. The van der Waals surface area contributed by atoms with Gasteiger partial charge in [0.15, 0.2) is 3.77 Å². The molecule has 1 N–H and O–H groups in total. The van der Waals surface area contributed by atoms with Crippen LogP contribution in [0.4, 0.5) is 0 Å². The number of unbranched alkanes of at least 4 members (excludes halogenated alkanes) is 1. The molecular weight excluding hydrogens is 305 g/mol. The van der Waals surface area contributed by atoms with Gasteiger partial charge in [0.05, 0.1) is 13.2 Å². The minimum atomic E-state index is 0.776. The fraction of sp³-hybridized carbons (Fsp3) is 0.636. The number of furan rings is 1. The molecule has 0 aliphatic heterocycles. The van der Waals surface area contributed by atoms with Crippen LogP contribution < -0.4 is 5.32 Å². The summed E-state index contributed by atoms with van der Waals surface area (Å²) in [5.41, 5.74) is 0. The van der Waals surface area contributed by atoms with Gasteiger partial charge in [0.2, 0.25) is 0 Å². The summed E-state index contributed by atoms with van der Waals surface area (Å²) in [6.07, 6.45) is 2.34. The zero-order valence-corrected chi connectivity index (χ0v) is 11.2. The summed E-state index contributed by atoms with van der Waals surface area (Å²) in [6, 6.07) is 3.96. The maximum atomic E-state index is 5.42.